The summed E-state index contributed by atoms with van der Waals surface area (Å²) in [5, 5.41) is 0. The van der Waals surface area contributed by atoms with Crippen molar-refractivity contribution in [3.05, 3.63) is 130 Å². The van der Waals surface area contributed by atoms with Crippen molar-refractivity contribution >= 4 is 15.4 Å². The number of hydrogen-bond acceptors (Lipinski definition) is 0. The Bertz CT molecular complexity index is 1710. The maximum atomic E-state index is 2.85. The molecule has 7 rings (SSSR count). The van der Waals surface area contributed by atoms with Gasteiger partial charge in [0.1, 0.15) is 0 Å². The zero-order chi connectivity index (χ0) is 29.6. The Morgan fingerprint density at radius 1 is 0.535 bits per heavy atom. The molecule has 0 radical (unpaired) electrons. The number of fused-ring (bicyclic) bond motifs is 2. The van der Waals surface area contributed by atoms with Crippen LogP contribution in [0.4, 0.5) is 0 Å². The van der Waals surface area contributed by atoms with Crippen LogP contribution in [0.2, 0.25) is 9.36 Å². The molecule has 0 N–H and O–H groups in total. The van der Waals surface area contributed by atoms with Crippen LogP contribution in [-0.2, 0) is 30.9 Å². The molecule has 0 nitrogen and oxygen atoms in total. The van der Waals surface area contributed by atoms with E-state index in [0.29, 0.717) is 7.35 Å². The second kappa shape index (κ2) is 11.2. The fourth-order valence-corrected chi connectivity index (χ4v) is 34.4. The molecular weight excluding hydrogens is 683 g/mol. The van der Waals surface area contributed by atoms with Gasteiger partial charge < -0.3 is 0 Å². The minimum absolute atomic E-state index is 0.529. The van der Waals surface area contributed by atoms with Crippen molar-refractivity contribution in [3.63, 3.8) is 0 Å². The molecule has 43 heavy (non-hydrogen) atoms. The van der Waals surface area contributed by atoms with Crippen molar-refractivity contribution < 1.29 is 18.0 Å². The van der Waals surface area contributed by atoms with Gasteiger partial charge >= 0.3 is 262 Å². The van der Waals surface area contributed by atoms with E-state index in [1.807, 2.05) is 3.26 Å². The van der Waals surface area contributed by atoms with Gasteiger partial charge in [0, 0.05) is 0 Å². The van der Waals surface area contributed by atoms with Crippen molar-refractivity contribution in [2.24, 2.45) is 0 Å². The Morgan fingerprint density at radius 3 is 1.44 bits per heavy atom. The van der Waals surface area contributed by atoms with E-state index in [0.717, 1.165) is 12.8 Å². The summed E-state index contributed by atoms with van der Waals surface area (Å²) >= 11 is -3.96. The first-order valence-corrected chi connectivity index (χ1v) is 29.9. The van der Waals surface area contributed by atoms with Crippen LogP contribution in [0, 0.1) is 0 Å². The first kappa shape index (κ1) is 28.8. The van der Waals surface area contributed by atoms with E-state index in [2.05, 4.69) is 132 Å². The van der Waals surface area contributed by atoms with Crippen LogP contribution in [0.25, 0.3) is 34.4 Å². The van der Waals surface area contributed by atoms with Crippen LogP contribution < -0.4 is 0 Å². The zero-order valence-electron chi connectivity index (χ0n) is 26.5. The van der Waals surface area contributed by atoms with Gasteiger partial charge in [-0.05, 0) is 0 Å². The Kier molecular flexibility index (Phi) is 7.53. The summed E-state index contributed by atoms with van der Waals surface area (Å²) in [4.78, 5) is 0. The third-order valence-electron chi connectivity index (χ3n) is 11.7. The first-order chi connectivity index (χ1) is 20.9. The summed E-state index contributed by atoms with van der Waals surface area (Å²) in [7, 11) is 0. The molecule has 3 aliphatic rings. The summed E-state index contributed by atoms with van der Waals surface area (Å²) in [6, 6.07) is 32.5. The van der Waals surface area contributed by atoms with E-state index in [1.54, 1.807) is 11.1 Å². The van der Waals surface area contributed by atoms with Crippen LogP contribution in [0.1, 0.15) is 86.7 Å². The minimum atomic E-state index is -3.96. The van der Waals surface area contributed by atoms with E-state index in [-0.39, 0.29) is 0 Å². The van der Waals surface area contributed by atoms with Crippen molar-refractivity contribution in [1.82, 2.24) is 0 Å². The van der Waals surface area contributed by atoms with E-state index in [1.165, 1.54) is 76.6 Å². The van der Waals surface area contributed by atoms with E-state index < -0.39 is 18.0 Å². The average molecular weight is 729 g/mol. The molecule has 3 aliphatic carbocycles. The van der Waals surface area contributed by atoms with Gasteiger partial charge in [0.2, 0.25) is 0 Å². The van der Waals surface area contributed by atoms with Crippen molar-refractivity contribution in [1.29, 1.82) is 0 Å². The summed E-state index contributed by atoms with van der Waals surface area (Å²) in [6.45, 7) is 4.57. The average Bonchev–Trinajstić information content (AvgIpc) is 3.71. The number of hydrogen-bond donors (Lipinski definition) is 0. The molecule has 0 spiro atoms. The van der Waals surface area contributed by atoms with Gasteiger partial charge in [-0.3, -0.25) is 0 Å². The third-order valence-corrected chi connectivity index (χ3v) is 38.9. The molecule has 1 fully saturated rings. The summed E-state index contributed by atoms with van der Waals surface area (Å²) in [5.74, 6) is 0. The van der Waals surface area contributed by atoms with Crippen LogP contribution in [-0.4, -0.2) is 3.26 Å². The van der Waals surface area contributed by atoms with E-state index in [4.69, 9.17) is 0 Å². The molecule has 0 aliphatic heterocycles. The van der Waals surface area contributed by atoms with Crippen molar-refractivity contribution in [2.75, 3.05) is 0 Å². The predicted octanol–water partition coefficient (Wildman–Crippen LogP) is 11.9. The topological polar surface area (TPSA) is 0 Å². The van der Waals surface area contributed by atoms with Crippen LogP contribution in [0.15, 0.2) is 97.1 Å². The Hall–Kier alpha value is -2.90. The maximum absolute atomic E-state index is 3.96. The molecule has 0 amide bonds. The Balaban J connectivity index is 1.43. The summed E-state index contributed by atoms with van der Waals surface area (Å²) < 4.78 is 8.74. The first-order valence-electron chi connectivity index (χ1n) is 16.8. The number of rotatable bonds is 6. The van der Waals surface area contributed by atoms with Crippen molar-refractivity contribution in [3.8, 4) is 22.3 Å². The van der Waals surface area contributed by atoms with Gasteiger partial charge in [0.05, 0.1) is 0 Å². The molecule has 0 saturated heterocycles. The normalized spacial score (nSPS) is 19.5. The molecule has 0 bridgehead atoms. The van der Waals surface area contributed by atoms with Crippen LogP contribution >= 0.6 is 0 Å². The summed E-state index contributed by atoms with van der Waals surface area (Å²) in [6.07, 6.45) is 19.3. The molecule has 4 aromatic carbocycles. The molecular formula is C42H46Hf. The molecule has 0 heterocycles. The van der Waals surface area contributed by atoms with Crippen LogP contribution in [0.5, 0.6) is 0 Å². The molecule has 1 heteroatoms. The zero-order valence-corrected chi connectivity index (χ0v) is 30.1. The van der Waals surface area contributed by atoms with E-state index >= 15 is 0 Å². The predicted molar refractivity (Wildman–Crippen MR) is 186 cm³/mol. The second-order valence-corrected chi connectivity index (χ2v) is 39.9. The van der Waals surface area contributed by atoms with Gasteiger partial charge in [-0.1, -0.05) is 0 Å². The van der Waals surface area contributed by atoms with Gasteiger partial charge in [0.15, 0.2) is 0 Å². The molecule has 4 aromatic rings. The number of allylic oxidation sites excluding steroid dienone is 2. The SMILES string of the molecule is CCc1ccccc1-c1cccc2c1C=C[CH]2[Hf]([CH3])([CH3])(=[C]1CCCCC1)[CH]1C=Cc2c(-c3ccccc3CC)cccc21. The van der Waals surface area contributed by atoms with Gasteiger partial charge in [-0.2, -0.15) is 0 Å². The Morgan fingerprint density at radius 2 is 0.977 bits per heavy atom. The van der Waals surface area contributed by atoms with Gasteiger partial charge in [0.25, 0.3) is 0 Å². The molecule has 1 saturated carbocycles. The summed E-state index contributed by atoms with van der Waals surface area (Å²) in [5.41, 5.74) is 14.7. The molecule has 218 valence electrons. The monoisotopic (exact) mass is 730 g/mol. The molecule has 2 unspecified atom stereocenters. The van der Waals surface area contributed by atoms with Gasteiger partial charge in [-0.15, -0.1) is 0 Å². The standard InChI is InChI=1S/2C17H15.C6H10.2CH3.Hf/c2*1-2-13-7-3-4-10-15(13)17-12-6-9-14-8-5-11-16(14)17;1-2-4-6-5-3-1;;;/h2*3-12H,2H2,1H3;1-5H2;2*1H3;. The quantitative estimate of drug-likeness (QED) is 0.173. The second-order valence-electron chi connectivity index (χ2n) is 14.1. The van der Waals surface area contributed by atoms with Crippen LogP contribution in [0.3, 0.4) is 0 Å². The molecule has 0 aromatic heterocycles. The third kappa shape index (κ3) is 4.52. The van der Waals surface area contributed by atoms with Crippen molar-refractivity contribution in [2.45, 2.75) is 75.5 Å². The molecule has 2 atom stereocenters. The fraction of sp³-hybridized carbons (Fsp3) is 0.310. The Labute approximate surface area is 260 Å². The fourth-order valence-electron chi connectivity index (χ4n) is 9.28. The number of aryl methyl sites for hydroxylation is 2. The number of benzene rings is 4. The van der Waals surface area contributed by atoms with E-state index in [9.17, 15) is 0 Å². The van der Waals surface area contributed by atoms with Gasteiger partial charge in [-0.25, -0.2) is 0 Å².